The lowest BCUT2D eigenvalue weighted by molar-refractivity contribution is -0.124. The minimum Gasteiger partial charge on any atom is -0.497 e. The largest absolute Gasteiger partial charge is 0.497 e. The van der Waals surface area contributed by atoms with Crippen LogP contribution in [0.3, 0.4) is 0 Å². The van der Waals surface area contributed by atoms with Gasteiger partial charge in [-0.05, 0) is 35.9 Å². The molecule has 2 aromatic carbocycles. The van der Waals surface area contributed by atoms with Gasteiger partial charge in [-0.3, -0.25) is 9.59 Å². The normalized spacial score (nSPS) is 10.5. The summed E-state index contributed by atoms with van der Waals surface area (Å²) in [4.78, 5) is 36.1. The number of carbonyl (C=O) groups is 2. The SMILES string of the molecule is COc1cccc(CNC(=O)COC(=O)c2cc(=O)c3cc(Cl)ccc3o2)c1. The van der Waals surface area contributed by atoms with Crippen LogP contribution >= 0.6 is 11.6 Å². The van der Waals surface area contributed by atoms with Gasteiger partial charge in [-0.15, -0.1) is 0 Å². The van der Waals surface area contributed by atoms with Gasteiger partial charge in [0.15, 0.2) is 12.0 Å². The molecule has 1 aromatic heterocycles. The zero-order chi connectivity index (χ0) is 20.1. The number of hydrogen-bond acceptors (Lipinski definition) is 6. The van der Waals surface area contributed by atoms with Crippen LogP contribution in [0.1, 0.15) is 16.1 Å². The Morgan fingerprint density at radius 3 is 2.75 bits per heavy atom. The molecule has 0 atom stereocenters. The van der Waals surface area contributed by atoms with E-state index >= 15 is 0 Å². The van der Waals surface area contributed by atoms with Crippen LogP contribution in [-0.4, -0.2) is 25.6 Å². The van der Waals surface area contributed by atoms with E-state index in [9.17, 15) is 14.4 Å². The van der Waals surface area contributed by atoms with Gasteiger partial charge in [0.05, 0.1) is 12.5 Å². The molecule has 0 saturated heterocycles. The van der Waals surface area contributed by atoms with Crippen LogP contribution in [0, 0.1) is 0 Å². The smallest absolute Gasteiger partial charge is 0.374 e. The van der Waals surface area contributed by atoms with Crippen LogP contribution in [0.2, 0.25) is 5.02 Å². The first-order valence-corrected chi connectivity index (χ1v) is 8.64. The Hall–Kier alpha value is -3.32. The molecule has 8 heteroatoms. The van der Waals surface area contributed by atoms with Crippen molar-refractivity contribution < 1.29 is 23.5 Å². The fourth-order valence-electron chi connectivity index (χ4n) is 2.47. The Morgan fingerprint density at radius 2 is 1.96 bits per heavy atom. The van der Waals surface area contributed by atoms with Gasteiger partial charge >= 0.3 is 5.97 Å². The lowest BCUT2D eigenvalue weighted by Gasteiger charge is -2.08. The van der Waals surface area contributed by atoms with Gasteiger partial charge in [0.25, 0.3) is 5.91 Å². The first-order chi connectivity index (χ1) is 13.5. The van der Waals surface area contributed by atoms with Crippen LogP contribution < -0.4 is 15.5 Å². The number of methoxy groups -OCH3 is 1. The van der Waals surface area contributed by atoms with E-state index in [0.717, 1.165) is 11.6 Å². The molecule has 0 bridgehead atoms. The number of ether oxygens (including phenoxy) is 2. The second-order valence-corrected chi connectivity index (χ2v) is 6.26. The molecule has 1 N–H and O–H groups in total. The number of fused-ring (bicyclic) bond motifs is 1. The maximum absolute atomic E-state index is 12.1. The van der Waals surface area contributed by atoms with Crippen molar-refractivity contribution in [3.8, 4) is 5.75 Å². The molecule has 0 aliphatic heterocycles. The summed E-state index contributed by atoms with van der Waals surface area (Å²) in [5.41, 5.74) is 0.600. The van der Waals surface area contributed by atoms with Gasteiger partial charge in [-0.2, -0.15) is 0 Å². The first-order valence-electron chi connectivity index (χ1n) is 8.26. The molecule has 0 aliphatic carbocycles. The van der Waals surface area contributed by atoms with E-state index in [0.29, 0.717) is 10.8 Å². The standard InChI is InChI=1S/C20H16ClNO6/c1-26-14-4-2-3-12(7-14)10-22-19(24)11-27-20(25)18-9-16(23)15-8-13(21)5-6-17(15)28-18/h2-9H,10-11H2,1H3,(H,22,24). The lowest BCUT2D eigenvalue weighted by atomic mass is 10.2. The molecule has 1 amide bonds. The van der Waals surface area contributed by atoms with E-state index in [1.165, 1.54) is 18.2 Å². The zero-order valence-corrected chi connectivity index (χ0v) is 15.6. The quantitative estimate of drug-likeness (QED) is 0.638. The second kappa shape index (κ2) is 8.58. The molecule has 0 unspecified atom stereocenters. The Morgan fingerprint density at radius 1 is 1.14 bits per heavy atom. The van der Waals surface area contributed by atoms with Gasteiger partial charge in [-0.25, -0.2) is 4.79 Å². The lowest BCUT2D eigenvalue weighted by Crippen LogP contribution is -2.28. The van der Waals surface area contributed by atoms with Crippen molar-refractivity contribution in [2.75, 3.05) is 13.7 Å². The highest BCUT2D eigenvalue weighted by Crippen LogP contribution is 2.18. The number of hydrogen-bond donors (Lipinski definition) is 1. The van der Waals surface area contributed by atoms with Gasteiger partial charge in [0, 0.05) is 17.6 Å². The minimum atomic E-state index is -0.912. The second-order valence-electron chi connectivity index (χ2n) is 5.82. The first kappa shape index (κ1) is 19.4. The molecule has 3 rings (SSSR count). The van der Waals surface area contributed by atoms with Crippen molar-refractivity contribution in [3.05, 3.63) is 75.1 Å². The highest BCUT2D eigenvalue weighted by Gasteiger charge is 2.15. The fraction of sp³-hybridized carbons (Fsp3) is 0.150. The third-order valence-electron chi connectivity index (χ3n) is 3.85. The van der Waals surface area contributed by atoms with Crippen LogP contribution in [0.5, 0.6) is 5.75 Å². The highest BCUT2D eigenvalue weighted by molar-refractivity contribution is 6.31. The third kappa shape index (κ3) is 4.69. The van der Waals surface area contributed by atoms with Crippen LogP contribution in [0.4, 0.5) is 0 Å². The zero-order valence-electron chi connectivity index (χ0n) is 14.9. The number of nitrogens with one attached hydrogen (secondary N) is 1. The van der Waals surface area contributed by atoms with E-state index in [1.54, 1.807) is 25.3 Å². The maximum Gasteiger partial charge on any atom is 0.374 e. The van der Waals surface area contributed by atoms with Gasteiger partial charge in [-0.1, -0.05) is 23.7 Å². The molecule has 0 saturated carbocycles. The van der Waals surface area contributed by atoms with E-state index in [4.69, 9.17) is 25.5 Å². The molecule has 0 fully saturated rings. The van der Waals surface area contributed by atoms with Crippen LogP contribution in [0.25, 0.3) is 11.0 Å². The summed E-state index contributed by atoms with van der Waals surface area (Å²) >= 11 is 5.84. The highest BCUT2D eigenvalue weighted by atomic mass is 35.5. The third-order valence-corrected chi connectivity index (χ3v) is 4.08. The summed E-state index contributed by atoms with van der Waals surface area (Å²) in [7, 11) is 1.55. The molecule has 3 aromatic rings. The summed E-state index contributed by atoms with van der Waals surface area (Å²) < 4.78 is 15.4. The molecule has 7 nitrogen and oxygen atoms in total. The van der Waals surface area contributed by atoms with Crippen molar-refractivity contribution in [3.63, 3.8) is 0 Å². The maximum atomic E-state index is 12.1. The molecule has 1 heterocycles. The summed E-state index contributed by atoms with van der Waals surface area (Å²) in [6.07, 6.45) is 0. The number of amides is 1. The van der Waals surface area contributed by atoms with E-state index in [-0.39, 0.29) is 23.3 Å². The van der Waals surface area contributed by atoms with Crippen LogP contribution in [-0.2, 0) is 16.1 Å². The molecular weight excluding hydrogens is 386 g/mol. The molecular formula is C20H16ClNO6. The Bertz CT molecular complexity index is 1090. The van der Waals surface area contributed by atoms with E-state index in [1.807, 2.05) is 6.07 Å². The number of carbonyl (C=O) groups excluding carboxylic acids is 2. The van der Waals surface area contributed by atoms with E-state index < -0.39 is 23.9 Å². The summed E-state index contributed by atoms with van der Waals surface area (Å²) in [5.74, 6) is -1.03. The van der Waals surface area contributed by atoms with Crippen molar-refractivity contribution in [1.82, 2.24) is 5.32 Å². The number of halogens is 1. The number of rotatable bonds is 6. The number of esters is 1. The molecule has 144 valence electrons. The predicted octanol–water partition coefficient (Wildman–Crippen LogP) is 2.93. The van der Waals surface area contributed by atoms with Gasteiger partial charge in [0.2, 0.25) is 5.76 Å². The Kier molecular flexibility index (Phi) is 5.96. The molecule has 0 radical (unpaired) electrons. The van der Waals surface area contributed by atoms with Crippen molar-refractivity contribution in [2.45, 2.75) is 6.54 Å². The summed E-state index contributed by atoms with van der Waals surface area (Å²) in [6.45, 7) is -0.259. The Balaban J connectivity index is 1.59. The average molecular weight is 402 g/mol. The summed E-state index contributed by atoms with van der Waals surface area (Å²) in [5, 5.41) is 3.25. The predicted molar refractivity (Wildman–Crippen MR) is 103 cm³/mol. The van der Waals surface area contributed by atoms with Crippen LogP contribution in [0.15, 0.2) is 57.7 Å². The molecule has 0 spiro atoms. The topological polar surface area (TPSA) is 94.8 Å². The minimum absolute atomic E-state index is 0.200. The Labute approximate surface area is 164 Å². The molecule has 28 heavy (non-hydrogen) atoms. The van der Waals surface area contributed by atoms with Crippen molar-refractivity contribution >= 4 is 34.4 Å². The monoisotopic (exact) mass is 401 g/mol. The van der Waals surface area contributed by atoms with Crippen molar-refractivity contribution in [1.29, 1.82) is 0 Å². The van der Waals surface area contributed by atoms with Gasteiger partial charge < -0.3 is 19.2 Å². The number of benzene rings is 2. The fourth-order valence-corrected chi connectivity index (χ4v) is 2.64. The van der Waals surface area contributed by atoms with Crippen molar-refractivity contribution in [2.24, 2.45) is 0 Å². The van der Waals surface area contributed by atoms with Gasteiger partial charge in [0.1, 0.15) is 11.3 Å². The molecule has 0 aliphatic rings. The summed E-state index contributed by atoms with van der Waals surface area (Å²) in [6, 6.07) is 12.7. The van der Waals surface area contributed by atoms with E-state index in [2.05, 4.69) is 5.32 Å². The average Bonchev–Trinajstić information content (AvgIpc) is 2.71.